The van der Waals surface area contributed by atoms with E-state index in [-0.39, 0.29) is 16.7 Å². The monoisotopic (exact) mass is 474 g/mol. The molecule has 1 aliphatic heterocycles. The number of hydrogen-bond donors (Lipinski definition) is 1. The molecule has 3 heterocycles. The predicted octanol–water partition coefficient (Wildman–Crippen LogP) is 4.31. The van der Waals surface area contributed by atoms with Crippen LogP contribution in [0.25, 0.3) is 11.4 Å². The molecule has 7 heteroatoms. The van der Waals surface area contributed by atoms with E-state index in [1.165, 1.54) is 0 Å². The zero-order valence-corrected chi connectivity index (χ0v) is 21.4. The Morgan fingerprint density at radius 1 is 1.09 bits per heavy atom. The van der Waals surface area contributed by atoms with Crippen molar-refractivity contribution >= 4 is 23.1 Å². The standard InChI is InChI=1S/C28H34N4O3/c1-18-23(31-16-8-7-10-21(31)29-18)25(33)22-24(19-11-13-20(14-12-19)28(2,3)4)32(27(35)26(22)34)17-9-15-30(5)6/h7-8,10-14,16,24,33H,9,15,17H2,1-6H3/b25-22+/t24-/m1/s1. The molecular formula is C28H34N4O3. The van der Waals surface area contributed by atoms with Gasteiger partial charge in [0.05, 0.1) is 17.3 Å². The molecule has 0 bridgehead atoms. The summed E-state index contributed by atoms with van der Waals surface area (Å²) in [6.45, 7) is 9.42. The molecule has 1 fully saturated rings. The first-order valence-corrected chi connectivity index (χ1v) is 12.0. The van der Waals surface area contributed by atoms with Gasteiger partial charge in [-0.2, -0.15) is 0 Å². The Morgan fingerprint density at radius 2 is 1.77 bits per heavy atom. The summed E-state index contributed by atoms with van der Waals surface area (Å²) in [7, 11) is 3.95. The maximum Gasteiger partial charge on any atom is 0.295 e. The van der Waals surface area contributed by atoms with E-state index in [1.807, 2.05) is 61.5 Å². The quantitative estimate of drug-likeness (QED) is 0.327. The van der Waals surface area contributed by atoms with Crippen LogP contribution >= 0.6 is 0 Å². The number of imidazole rings is 1. The van der Waals surface area contributed by atoms with Gasteiger partial charge in [0.15, 0.2) is 5.76 Å². The molecule has 4 rings (SSSR count). The highest BCUT2D eigenvalue weighted by Crippen LogP contribution is 2.40. The average Bonchev–Trinajstić information content (AvgIpc) is 3.26. The Morgan fingerprint density at radius 3 is 2.40 bits per heavy atom. The van der Waals surface area contributed by atoms with Crippen molar-refractivity contribution in [3.05, 3.63) is 76.7 Å². The van der Waals surface area contributed by atoms with Gasteiger partial charge in [-0.1, -0.05) is 51.1 Å². The van der Waals surface area contributed by atoms with Crippen LogP contribution in [0, 0.1) is 6.92 Å². The summed E-state index contributed by atoms with van der Waals surface area (Å²) in [5, 5.41) is 11.5. The SMILES string of the molecule is Cc1nc2ccccn2c1/C(O)=C1\C(=O)C(=O)N(CCCN(C)C)[C@@H]1c1ccc(C(C)(C)C)cc1. The summed E-state index contributed by atoms with van der Waals surface area (Å²) in [5.74, 6) is -1.44. The summed E-state index contributed by atoms with van der Waals surface area (Å²) in [6.07, 6.45) is 2.51. The van der Waals surface area contributed by atoms with Crippen LogP contribution in [0.15, 0.2) is 54.2 Å². The lowest BCUT2D eigenvalue weighted by Crippen LogP contribution is -2.32. The minimum Gasteiger partial charge on any atom is -0.505 e. The molecule has 1 aromatic carbocycles. The van der Waals surface area contributed by atoms with E-state index < -0.39 is 17.7 Å². The molecule has 0 spiro atoms. The minimum absolute atomic E-state index is 0.0281. The van der Waals surface area contributed by atoms with E-state index in [2.05, 4.69) is 25.8 Å². The molecule has 0 unspecified atom stereocenters. The Bertz CT molecular complexity index is 1300. The van der Waals surface area contributed by atoms with Gasteiger partial charge in [-0.25, -0.2) is 4.98 Å². The first-order chi connectivity index (χ1) is 16.5. The van der Waals surface area contributed by atoms with Crippen molar-refractivity contribution in [3.63, 3.8) is 0 Å². The van der Waals surface area contributed by atoms with Crippen molar-refractivity contribution in [2.75, 3.05) is 27.2 Å². The maximum absolute atomic E-state index is 13.4. The van der Waals surface area contributed by atoms with Gasteiger partial charge in [-0.15, -0.1) is 0 Å². The lowest BCUT2D eigenvalue weighted by atomic mass is 9.85. The number of fused-ring (bicyclic) bond motifs is 1. The number of ketones is 1. The minimum atomic E-state index is -0.667. The first-order valence-electron chi connectivity index (χ1n) is 12.0. The van der Waals surface area contributed by atoms with E-state index in [4.69, 9.17) is 0 Å². The first kappa shape index (κ1) is 24.7. The third-order valence-electron chi connectivity index (χ3n) is 6.57. The fourth-order valence-electron chi connectivity index (χ4n) is 4.71. The molecule has 1 saturated heterocycles. The van der Waals surface area contributed by atoms with Crippen molar-refractivity contribution in [3.8, 4) is 0 Å². The number of Topliss-reactive ketones (excluding diaryl/α,β-unsaturated/α-hetero) is 1. The van der Waals surface area contributed by atoms with Crippen molar-refractivity contribution < 1.29 is 14.7 Å². The number of carbonyl (C=O) groups excluding carboxylic acids is 2. The number of carbonyl (C=O) groups is 2. The Kier molecular flexibility index (Phi) is 6.56. The number of aromatic nitrogens is 2. The van der Waals surface area contributed by atoms with Crippen molar-refractivity contribution in [1.82, 2.24) is 19.2 Å². The van der Waals surface area contributed by atoms with Crippen LogP contribution in [0.4, 0.5) is 0 Å². The third kappa shape index (κ3) is 4.60. The van der Waals surface area contributed by atoms with Crippen LogP contribution in [0.3, 0.4) is 0 Å². The number of aryl methyl sites for hydroxylation is 1. The highest BCUT2D eigenvalue weighted by Gasteiger charge is 2.46. The average molecular weight is 475 g/mol. The topological polar surface area (TPSA) is 78.1 Å². The van der Waals surface area contributed by atoms with Gasteiger partial charge in [0.2, 0.25) is 0 Å². The second kappa shape index (κ2) is 9.30. The van der Waals surface area contributed by atoms with Crippen LogP contribution in [0.5, 0.6) is 0 Å². The molecule has 0 radical (unpaired) electrons. The van der Waals surface area contributed by atoms with Crippen molar-refractivity contribution in [2.24, 2.45) is 0 Å². The molecule has 3 aromatic rings. The zero-order chi connectivity index (χ0) is 25.5. The highest BCUT2D eigenvalue weighted by atomic mass is 16.3. The number of amides is 1. The number of rotatable bonds is 6. The van der Waals surface area contributed by atoms with Gasteiger partial charge in [0.25, 0.3) is 11.7 Å². The predicted molar refractivity (Wildman–Crippen MR) is 137 cm³/mol. The second-order valence-electron chi connectivity index (χ2n) is 10.5. The summed E-state index contributed by atoms with van der Waals surface area (Å²) in [5.41, 5.74) is 3.73. The zero-order valence-electron chi connectivity index (χ0n) is 21.4. The van der Waals surface area contributed by atoms with Crippen LogP contribution in [0.2, 0.25) is 0 Å². The van der Waals surface area contributed by atoms with Crippen LogP contribution < -0.4 is 0 Å². The molecule has 0 aliphatic carbocycles. The van der Waals surface area contributed by atoms with Crippen molar-refractivity contribution in [1.29, 1.82) is 0 Å². The van der Waals surface area contributed by atoms with E-state index in [0.717, 1.165) is 17.7 Å². The van der Waals surface area contributed by atoms with E-state index in [1.54, 1.807) is 22.4 Å². The molecular weight excluding hydrogens is 440 g/mol. The third-order valence-corrected chi connectivity index (χ3v) is 6.57. The highest BCUT2D eigenvalue weighted by molar-refractivity contribution is 6.46. The number of aliphatic hydroxyl groups is 1. The number of benzene rings is 1. The van der Waals surface area contributed by atoms with E-state index in [9.17, 15) is 14.7 Å². The normalized spacial score (nSPS) is 18.3. The lowest BCUT2D eigenvalue weighted by molar-refractivity contribution is -0.139. The fourth-order valence-corrected chi connectivity index (χ4v) is 4.71. The number of pyridine rings is 1. The molecule has 1 N–H and O–H groups in total. The Hall–Kier alpha value is -3.45. The summed E-state index contributed by atoms with van der Waals surface area (Å²) >= 11 is 0. The smallest absolute Gasteiger partial charge is 0.295 e. The molecule has 1 aliphatic rings. The molecule has 0 saturated carbocycles. The number of nitrogens with zero attached hydrogens (tertiary/aromatic N) is 4. The van der Waals surface area contributed by atoms with Crippen molar-refractivity contribution in [2.45, 2.75) is 45.6 Å². The van der Waals surface area contributed by atoms with Gasteiger partial charge >= 0.3 is 0 Å². The van der Waals surface area contributed by atoms with Gasteiger partial charge in [0.1, 0.15) is 11.3 Å². The number of hydrogen-bond acceptors (Lipinski definition) is 5. The lowest BCUT2D eigenvalue weighted by Gasteiger charge is -2.27. The molecule has 35 heavy (non-hydrogen) atoms. The Labute approximate surface area is 206 Å². The van der Waals surface area contributed by atoms with E-state index >= 15 is 0 Å². The second-order valence-corrected chi connectivity index (χ2v) is 10.5. The summed E-state index contributed by atoms with van der Waals surface area (Å²) in [4.78, 5) is 34.8. The van der Waals surface area contributed by atoms with Gasteiger partial charge in [-0.3, -0.25) is 14.0 Å². The Balaban J connectivity index is 1.87. The molecule has 2 aromatic heterocycles. The van der Waals surface area contributed by atoms with Crippen LogP contribution in [-0.4, -0.2) is 63.2 Å². The largest absolute Gasteiger partial charge is 0.505 e. The molecule has 7 nitrogen and oxygen atoms in total. The number of likely N-dealkylation sites (tertiary alicyclic amines) is 1. The van der Waals surface area contributed by atoms with Crippen LogP contribution in [-0.2, 0) is 15.0 Å². The van der Waals surface area contributed by atoms with Gasteiger partial charge in [-0.05, 0) is 62.7 Å². The summed E-state index contributed by atoms with van der Waals surface area (Å²) in [6, 6.07) is 12.9. The van der Waals surface area contributed by atoms with Gasteiger partial charge in [0, 0.05) is 12.7 Å². The van der Waals surface area contributed by atoms with E-state index in [0.29, 0.717) is 30.0 Å². The molecule has 1 atom stereocenters. The fraction of sp³-hybridized carbons (Fsp3) is 0.393. The van der Waals surface area contributed by atoms with Gasteiger partial charge < -0.3 is 14.9 Å². The molecule has 1 amide bonds. The maximum atomic E-state index is 13.4. The van der Waals surface area contributed by atoms with Crippen LogP contribution in [0.1, 0.15) is 55.7 Å². The number of aliphatic hydroxyl groups excluding tert-OH is 1. The molecule has 184 valence electrons. The summed E-state index contributed by atoms with van der Waals surface area (Å²) < 4.78 is 1.75.